The Balaban J connectivity index is 2.01. The summed E-state index contributed by atoms with van der Waals surface area (Å²) in [6.07, 6.45) is 1.78. The van der Waals surface area contributed by atoms with E-state index in [1.54, 1.807) is 6.20 Å². The van der Waals surface area contributed by atoms with Crippen LogP contribution < -0.4 is 10.5 Å². The van der Waals surface area contributed by atoms with Crippen molar-refractivity contribution in [3.8, 4) is 34.3 Å². The van der Waals surface area contributed by atoms with Gasteiger partial charge in [-0.15, -0.1) is 0 Å². The fraction of sp³-hybridized carbons (Fsp3) is 0.227. The molecule has 6 heteroatoms. The van der Waals surface area contributed by atoms with Crippen molar-refractivity contribution in [3.05, 3.63) is 59.8 Å². The average Bonchev–Trinajstić information content (AvgIpc) is 2.68. The van der Waals surface area contributed by atoms with E-state index in [1.165, 1.54) is 0 Å². The highest BCUT2D eigenvalue weighted by Crippen LogP contribution is 2.32. The van der Waals surface area contributed by atoms with Gasteiger partial charge < -0.3 is 15.4 Å². The number of nitrogen functional groups attached to an aromatic ring is 1. The zero-order valence-corrected chi connectivity index (χ0v) is 16.3. The van der Waals surface area contributed by atoms with Crippen molar-refractivity contribution >= 4 is 5.82 Å². The first kappa shape index (κ1) is 19.3. The number of likely N-dealkylation sites (N-methyl/N-ethyl adjacent to an activating group) is 1. The number of pyridine rings is 2. The third-order valence-corrected chi connectivity index (χ3v) is 4.29. The quantitative estimate of drug-likeness (QED) is 0.711. The Labute approximate surface area is 165 Å². The van der Waals surface area contributed by atoms with Gasteiger partial charge in [0.25, 0.3) is 0 Å². The predicted molar refractivity (Wildman–Crippen MR) is 111 cm³/mol. The summed E-state index contributed by atoms with van der Waals surface area (Å²) in [4.78, 5) is 10.9. The molecule has 0 fully saturated rings. The number of anilines is 1. The maximum atomic E-state index is 9.61. The number of hydrogen-bond donors (Lipinski definition) is 1. The lowest BCUT2D eigenvalue weighted by Crippen LogP contribution is -2.19. The number of nitrogens with two attached hydrogens (primary N) is 1. The summed E-state index contributed by atoms with van der Waals surface area (Å²) in [6.45, 7) is 3.38. The van der Waals surface area contributed by atoms with Gasteiger partial charge in [-0.3, -0.25) is 4.98 Å². The highest BCUT2D eigenvalue weighted by Gasteiger charge is 2.14. The Morgan fingerprint density at radius 3 is 2.64 bits per heavy atom. The first-order valence-corrected chi connectivity index (χ1v) is 8.99. The van der Waals surface area contributed by atoms with Crippen molar-refractivity contribution < 1.29 is 4.74 Å². The van der Waals surface area contributed by atoms with E-state index in [0.717, 1.165) is 23.4 Å². The molecule has 0 unspecified atom stereocenters. The molecular weight excluding hydrogens is 350 g/mol. The van der Waals surface area contributed by atoms with Gasteiger partial charge in [-0.2, -0.15) is 5.26 Å². The van der Waals surface area contributed by atoms with Gasteiger partial charge in [0.2, 0.25) is 0 Å². The molecule has 0 bridgehead atoms. The van der Waals surface area contributed by atoms with Crippen molar-refractivity contribution in [1.29, 1.82) is 5.26 Å². The molecule has 0 aliphatic carbocycles. The Kier molecular flexibility index (Phi) is 5.87. The van der Waals surface area contributed by atoms with Crippen LogP contribution in [0, 0.1) is 18.3 Å². The van der Waals surface area contributed by atoms with Gasteiger partial charge in [0.05, 0.1) is 11.4 Å². The molecular formula is C22H23N5O. The molecule has 0 atom stereocenters. The second-order valence-corrected chi connectivity index (χ2v) is 6.83. The number of hydrogen-bond acceptors (Lipinski definition) is 6. The molecule has 0 amide bonds. The monoisotopic (exact) mass is 373 g/mol. The summed E-state index contributed by atoms with van der Waals surface area (Å²) in [7, 11) is 4.00. The third kappa shape index (κ3) is 4.45. The van der Waals surface area contributed by atoms with Crippen LogP contribution in [0.15, 0.2) is 48.7 Å². The zero-order valence-electron chi connectivity index (χ0n) is 16.3. The smallest absolute Gasteiger partial charge is 0.142 e. The minimum absolute atomic E-state index is 0.191. The lowest BCUT2D eigenvalue weighted by atomic mass is 9.99. The number of benzene rings is 1. The highest BCUT2D eigenvalue weighted by atomic mass is 16.5. The van der Waals surface area contributed by atoms with Crippen LogP contribution in [0.1, 0.15) is 11.1 Å². The number of ether oxygens (including phenoxy) is 1. The van der Waals surface area contributed by atoms with E-state index in [2.05, 4.69) is 20.9 Å². The number of nitriles is 1. The summed E-state index contributed by atoms with van der Waals surface area (Å²) >= 11 is 0. The van der Waals surface area contributed by atoms with E-state index in [-0.39, 0.29) is 5.82 Å². The number of nitrogens with zero attached hydrogens (tertiary/aromatic N) is 4. The van der Waals surface area contributed by atoms with Crippen molar-refractivity contribution in [2.24, 2.45) is 0 Å². The first-order chi connectivity index (χ1) is 13.5. The molecule has 0 aliphatic rings. The van der Waals surface area contributed by atoms with E-state index in [1.807, 2.05) is 63.5 Å². The standard InChI is InChI=1S/C22H23N5O/c1-15-7-8-20(25-14-15)21-12-18(19(13-23)22(24)26-21)16-5-4-6-17(11-16)28-10-9-27(2)3/h4-8,11-12,14H,9-10H2,1-3H3,(H2,24,26). The van der Waals surface area contributed by atoms with Crippen LogP contribution in [0.3, 0.4) is 0 Å². The Morgan fingerprint density at radius 2 is 1.96 bits per heavy atom. The van der Waals surface area contributed by atoms with Gasteiger partial charge in [0.1, 0.15) is 29.8 Å². The van der Waals surface area contributed by atoms with Gasteiger partial charge in [-0.1, -0.05) is 18.2 Å². The normalized spacial score (nSPS) is 10.7. The van der Waals surface area contributed by atoms with Gasteiger partial charge in [-0.25, -0.2) is 4.98 Å². The molecule has 0 saturated carbocycles. The van der Waals surface area contributed by atoms with Gasteiger partial charge >= 0.3 is 0 Å². The summed E-state index contributed by atoms with van der Waals surface area (Å²) in [5.74, 6) is 0.935. The van der Waals surface area contributed by atoms with Gasteiger partial charge in [0.15, 0.2) is 0 Å². The molecule has 3 aromatic rings. The number of aryl methyl sites for hydroxylation is 1. The average molecular weight is 373 g/mol. The van der Waals surface area contributed by atoms with Crippen LogP contribution in [-0.2, 0) is 0 Å². The molecule has 1 aromatic carbocycles. The number of aromatic nitrogens is 2. The Hall–Kier alpha value is -3.43. The molecule has 0 spiro atoms. The van der Waals surface area contributed by atoms with Gasteiger partial charge in [0, 0.05) is 18.3 Å². The molecule has 0 radical (unpaired) electrons. The maximum absolute atomic E-state index is 9.61. The van der Waals surface area contributed by atoms with Crippen molar-refractivity contribution in [2.75, 3.05) is 33.0 Å². The second-order valence-electron chi connectivity index (χ2n) is 6.83. The largest absolute Gasteiger partial charge is 0.492 e. The lowest BCUT2D eigenvalue weighted by Gasteiger charge is -2.13. The predicted octanol–water partition coefficient (Wildman–Crippen LogP) is 3.51. The molecule has 2 N–H and O–H groups in total. The lowest BCUT2D eigenvalue weighted by molar-refractivity contribution is 0.261. The van der Waals surface area contributed by atoms with Crippen LogP contribution in [0.25, 0.3) is 22.5 Å². The molecule has 142 valence electrons. The van der Waals surface area contributed by atoms with E-state index in [0.29, 0.717) is 29.1 Å². The van der Waals surface area contributed by atoms with E-state index in [9.17, 15) is 5.26 Å². The summed E-state index contributed by atoms with van der Waals surface area (Å²) in [5.41, 5.74) is 10.4. The van der Waals surface area contributed by atoms with Crippen molar-refractivity contribution in [1.82, 2.24) is 14.9 Å². The minimum Gasteiger partial charge on any atom is -0.492 e. The van der Waals surface area contributed by atoms with E-state index >= 15 is 0 Å². The van der Waals surface area contributed by atoms with Crippen LogP contribution >= 0.6 is 0 Å². The molecule has 3 rings (SSSR count). The van der Waals surface area contributed by atoms with Gasteiger partial charge in [-0.05, 0) is 56.4 Å². The first-order valence-electron chi connectivity index (χ1n) is 8.99. The fourth-order valence-corrected chi connectivity index (χ4v) is 2.76. The van der Waals surface area contributed by atoms with Crippen molar-refractivity contribution in [2.45, 2.75) is 6.92 Å². The Morgan fingerprint density at radius 1 is 1.14 bits per heavy atom. The molecule has 0 aliphatic heterocycles. The highest BCUT2D eigenvalue weighted by molar-refractivity contribution is 5.80. The summed E-state index contributed by atoms with van der Waals surface area (Å²) in [5, 5.41) is 9.61. The SMILES string of the molecule is Cc1ccc(-c2cc(-c3cccc(OCCN(C)C)c3)c(C#N)c(N)n2)nc1. The Bertz CT molecular complexity index is 1010. The second kappa shape index (κ2) is 8.51. The summed E-state index contributed by atoms with van der Waals surface area (Å²) in [6, 6.07) is 15.5. The topological polar surface area (TPSA) is 88.1 Å². The molecule has 0 saturated heterocycles. The van der Waals surface area contributed by atoms with Crippen LogP contribution in [-0.4, -0.2) is 42.1 Å². The minimum atomic E-state index is 0.191. The van der Waals surface area contributed by atoms with E-state index < -0.39 is 0 Å². The zero-order chi connectivity index (χ0) is 20.1. The molecule has 28 heavy (non-hydrogen) atoms. The fourth-order valence-electron chi connectivity index (χ4n) is 2.76. The van der Waals surface area contributed by atoms with Crippen LogP contribution in [0.5, 0.6) is 5.75 Å². The molecule has 2 heterocycles. The van der Waals surface area contributed by atoms with Crippen LogP contribution in [0.2, 0.25) is 0 Å². The van der Waals surface area contributed by atoms with Crippen LogP contribution in [0.4, 0.5) is 5.82 Å². The number of rotatable bonds is 6. The van der Waals surface area contributed by atoms with E-state index in [4.69, 9.17) is 10.5 Å². The maximum Gasteiger partial charge on any atom is 0.142 e. The third-order valence-electron chi connectivity index (χ3n) is 4.29. The van der Waals surface area contributed by atoms with Crippen molar-refractivity contribution in [3.63, 3.8) is 0 Å². The summed E-state index contributed by atoms with van der Waals surface area (Å²) < 4.78 is 5.83. The molecule has 6 nitrogen and oxygen atoms in total. The molecule has 2 aromatic heterocycles.